The molecule has 1 N–H and O–H groups in total. The normalized spacial score (nSPS) is 21.3. The molecule has 1 amide bonds. The van der Waals surface area contributed by atoms with E-state index in [0.717, 1.165) is 19.5 Å². The Hall–Kier alpha value is -1.46. The predicted octanol–water partition coefficient (Wildman–Crippen LogP) is 0.318. The second-order valence-electron chi connectivity index (χ2n) is 4.28. The largest absolute Gasteiger partial charge is 0.336 e. The van der Waals surface area contributed by atoms with Crippen LogP contribution in [0.15, 0.2) is 0 Å². The predicted molar refractivity (Wildman–Crippen MR) is 53.0 cm³/mol. The van der Waals surface area contributed by atoms with Gasteiger partial charge in [0, 0.05) is 13.1 Å². The zero-order chi connectivity index (χ0) is 10.8. The Morgan fingerprint density at radius 3 is 2.93 bits per heavy atom. The first-order valence-corrected chi connectivity index (χ1v) is 5.21. The molecule has 1 unspecified atom stereocenters. The third-order valence-electron chi connectivity index (χ3n) is 2.99. The molecule has 0 aromatic carbocycles. The minimum absolute atomic E-state index is 0.119. The first kappa shape index (κ1) is 10.1. The highest BCUT2D eigenvalue weighted by Gasteiger charge is 2.30. The Morgan fingerprint density at radius 2 is 2.40 bits per heavy atom. The molecule has 1 aromatic rings. The summed E-state index contributed by atoms with van der Waals surface area (Å²) < 4.78 is 0. The number of carbonyl (C=O) groups excluding carboxylic acids is 1. The summed E-state index contributed by atoms with van der Waals surface area (Å²) in [6, 6.07) is 0. The molecule has 1 atom stereocenters. The molecular weight excluding hydrogens is 194 g/mol. The van der Waals surface area contributed by atoms with Crippen LogP contribution < -0.4 is 0 Å². The molecule has 0 aliphatic carbocycles. The Kier molecular flexibility index (Phi) is 2.66. The van der Waals surface area contributed by atoms with Gasteiger partial charge in [0.05, 0.1) is 0 Å². The summed E-state index contributed by atoms with van der Waals surface area (Å²) in [7, 11) is 0. The molecule has 1 aliphatic heterocycles. The molecule has 1 aromatic heterocycles. The Labute approximate surface area is 88.0 Å². The number of likely N-dealkylation sites (tertiary alicyclic amines) is 1. The van der Waals surface area contributed by atoms with Gasteiger partial charge in [-0.05, 0) is 23.5 Å². The fourth-order valence-electron chi connectivity index (χ4n) is 1.91. The standard InChI is InChI=1S/C9H15N5O/c1-6(2)7-3-4-14(5-7)9(15)8-10-12-13-11-8/h6-7H,3-5H2,1-2H3,(H,10,11,12,13). The van der Waals surface area contributed by atoms with Crippen LogP contribution in [0.4, 0.5) is 0 Å². The summed E-state index contributed by atoms with van der Waals surface area (Å²) in [6.45, 7) is 5.99. The van der Waals surface area contributed by atoms with Gasteiger partial charge in [-0.25, -0.2) is 0 Å². The minimum Gasteiger partial charge on any atom is -0.336 e. The van der Waals surface area contributed by atoms with Crippen molar-refractivity contribution >= 4 is 5.91 Å². The molecule has 6 heteroatoms. The fraction of sp³-hybridized carbons (Fsp3) is 0.778. The summed E-state index contributed by atoms with van der Waals surface area (Å²) >= 11 is 0. The lowest BCUT2D eigenvalue weighted by atomic mass is 9.95. The van der Waals surface area contributed by atoms with Gasteiger partial charge >= 0.3 is 0 Å². The SMILES string of the molecule is CC(C)C1CCN(C(=O)c2nn[nH]n2)C1. The van der Waals surface area contributed by atoms with E-state index in [1.165, 1.54) is 0 Å². The third kappa shape index (κ3) is 1.98. The summed E-state index contributed by atoms with van der Waals surface area (Å²) in [5.74, 6) is 1.26. The molecule has 1 fully saturated rings. The van der Waals surface area contributed by atoms with E-state index in [2.05, 4.69) is 34.5 Å². The van der Waals surface area contributed by atoms with Crippen molar-refractivity contribution in [2.75, 3.05) is 13.1 Å². The van der Waals surface area contributed by atoms with Crippen LogP contribution in [0.2, 0.25) is 0 Å². The monoisotopic (exact) mass is 209 g/mol. The van der Waals surface area contributed by atoms with Crippen molar-refractivity contribution in [1.82, 2.24) is 25.5 Å². The maximum Gasteiger partial charge on any atom is 0.295 e. The second kappa shape index (κ2) is 3.96. The topological polar surface area (TPSA) is 74.8 Å². The number of carbonyl (C=O) groups is 1. The minimum atomic E-state index is -0.119. The summed E-state index contributed by atoms with van der Waals surface area (Å²) in [5, 5.41) is 13.1. The lowest BCUT2D eigenvalue weighted by Gasteiger charge is -2.16. The maximum absolute atomic E-state index is 11.8. The van der Waals surface area contributed by atoms with Gasteiger partial charge in [-0.2, -0.15) is 5.21 Å². The second-order valence-corrected chi connectivity index (χ2v) is 4.28. The lowest BCUT2D eigenvalue weighted by Crippen LogP contribution is -2.30. The Balaban J connectivity index is 1.99. The highest BCUT2D eigenvalue weighted by atomic mass is 16.2. The van der Waals surface area contributed by atoms with Crippen LogP contribution >= 0.6 is 0 Å². The summed E-state index contributed by atoms with van der Waals surface area (Å²) in [4.78, 5) is 13.6. The van der Waals surface area contributed by atoms with Crippen LogP contribution in [0.25, 0.3) is 0 Å². The number of tetrazole rings is 1. The molecule has 1 saturated heterocycles. The van der Waals surface area contributed by atoms with E-state index in [0.29, 0.717) is 11.8 Å². The van der Waals surface area contributed by atoms with Crippen LogP contribution in [0.1, 0.15) is 30.9 Å². The van der Waals surface area contributed by atoms with Gasteiger partial charge in [0.25, 0.3) is 11.7 Å². The molecule has 0 saturated carbocycles. The van der Waals surface area contributed by atoms with E-state index < -0.39 is 0 Å². The number of rotatable bonds is 2. The van der Waals surface area contributed by atoms with E-state index in [1.54, 1.807) is 4.90 Å². The molecule has 2 heterocycles. The summed E-state index contributed by atoms with van der Waals surface area (Å²) in [5.41, 5.74) is 0. The van der Waals surface area contributed by atoms with Crippen molar-refractivity contribution in [3.63, 3.8) is 0 Å². The molecule has 6 nitrogen and oxygen atoms in total. The van der Waals surface area contributed by atoms with E-state index in [4.69, 9.17) is 0 Å². The van der Waals surface area contributed by atoms with Crippen molar-refractivity contribution in [3.8, 4) is 0 Å². The van der Waals surface area contributed by atoms with Gasteiger partial charge in [-0.15, -0.1) is 10.2 Å². The van der Waals surface area contributed by atoms with Gasteiger partial charge in [-0.3, -0.25) is 4.79 Å². The number of nitrogens with zero attached hydrogens (tertiary/aromatic N) is 4. The number of aromatic amines is 1. The number of amides is 1. The van der Waals surface area contributed by atoms with Gasteiger partial charge in [0.2, 0.25) is 0 Å². The number of aromatic nitrogens is 4. The summed E-state index contributed by atoms with van der Waals surface area (Å²) in [6.07, 6.45) is 1.07. The Morgan fingerprint density at radius 1 is 1.60 bits per heavy atom. The van der Waals surface area contributed by atoms with E-state index in [1.807, 2.05) is 0 Å². The maximum atomic E-state index is 11.8. The van der Waals surface area contributed by atoms with Crippen molar-refractivity contribution in [1.29, 1.82) is 0 Å². The van der Waals surface area contributed by atoms with E-state index in [9.17, 15) is 4.79 Å². The van der Waals surface area contributed by atoms with Gasteiger partial charge in [0.1, 0.15) is 0 Å². The van der Waals surface area contributed by atoms with Crippen molar-refractivity contribution in [3.05, 3.63) is 5.82 Å². The number of hydrogen-bond acceptors (Lipinski definition) is 4. The lowest BCUT2D eigenvalue weighted by molar-refractivity contribution is 0.0772. The highest BCUT2D eigenvalue weighted by Crippen LogP contribution is 2.24. The average molecular weight is 209 g/mol. The van der Waals surface area contributed by atoms with Gasteiger partial charge in [-0.1, -0.05) is 13.8 Å². The van der Waals surface area contributed by atoms with Crippen LogP contribution in [-0.4, -0.2) is 44.5 Å². The molecule has 0 radical (unpaired) electrons. The van der Waals surface area contributed by atoms with Gasteiger partial charge in [0.15, 0.2) is 0 Å². The van der Waals surface area contributed by atoms with E-state index in [-0.39, 0.29) is 11.7 Å². The van der Waals surface area contributed by atoms with Crippen molar-refractivity contribution in [2.24, 2.45) is 11.8 Å². The van der Waals surface area contributed by atoms with Crippen molar-refractivity contribution < 1.29 is 4.79 Å². The first-order chi connectivity index (χ1) is 7.18. The molecule has 15 heavy (non-hydrogen) atoms. The van der Waals surface area contributed by atoms with Gasteiger partial charge < -0.3 is 4.90 Å². The zero-order valence-electron chi connectivity index (χ0n) is 8.97. The van der Waals surface area contributed by atoms with Crippen LogP contribution in [0, 0.1) is 11.8 Å². The zero-order valence-corrected chi connectivity index (χ0v) is 8.97. The van der Waals surface area contributed by atoms with E-state index >= 15 is 0 Å². The first-order valence-electron chi connectivity index (χ1n) is 5.21. The number of nitrogens with one attached hydrogen (secondary N) is 1. The van der Waals surface area contributed by atoms with Crippen LogP contribution in [-0.2, 0) is 0 Å². The average Bonchev–Trinajstić information content (AvgIpc) is 2.88. The quantitative estimate of drug-likeness (QED) is 0.761. The fourth-order valence-corrected chi connectivity index (χ4v) is 1.91. The number of hydrogen-bond donors (Lipinski definition) is 1. The smallest absolute Gasteiger partial charge is 0.295 e. The van der Waals surface area contributed by atoms with Crippen molar-refractivity contribution in [2.45, 2.75) is 20.3 Å². The molecule has 2 rings (SSSR count). The molecule has 0 bridgehead atoms. The Bertz CT molecular complexity index is 334. The molecular formula is C9H15N5O. The molecule has 0 spiro atoms. The molecule has 82 valence electrons. The van der Waals surface area contributed by atoms with Crippen LogP contribution in [0.5, 0.6) is 0 Å². The molecule has 1 aliphatic rings. The third-order valence-corrected chi connectivity index (χ3v) is 2.99. The number of H-pyrrole nitrogens is 1. The van der Waals surface area contributed by atoms with Crippen LogP contribution in [0.3, 0.4) is 0 Å². The highest BCUT2D eigenvalue weighted by molar-refractivity contribution is 5.90.